The highest BCUT2D eigenvalue weighted by Gasteiger charge is 2.33. The maximum Gasteiger partial charge on any atom is 0.326 e. The number of esters is 1. The lowest BCUT2D eigenvalue weighted by Crippen LogP contribution is -2.50. The average Bonchev–Trinajstić information content (AvgIpc) is 2.73. The summed E-state index contributed by atoms with van der Waals surface area (Å²) < 4.78 is 11.2. The van der Waals surface area contributed by atoms with Gasteiger partial charge >= 0.3 is 5.97 Å². The molecule has 0 aromatic rings. The number of hydrogen-bond donors (Lipinski definition) is 1. The zero-order valence-corrected chi connectivity index (χ0v) is 14.1. The Hall–Kier alpha value is -0.610. The van der Waals surface area contributed by atoms with E-state index in [4.69, 9.17) is 9.47 Å². The third kappa shape index (κ3) is 6.79. The molecule has 124 valence electrons. The molecule has 1 aliphatic rings. The minimum Gasteiger partial charge on any atom is -0.465 e. The Balaban J connectivity index is 2.30. The van der Waals surface area contributed by atoms with Crippen molar-refractivity contribution in [2.24, 2.45) is 0 Å². The van der Waals surface area contributed by atoms with E-state index in [1.54, 1.807) is 0 Å². The van der Waals surface area contributed by atoms with Crippen molar-refractivity contribution < 1.29 is 14.3 Å². The molecule has 1 aliphatic carbocycles. The molecule has 21 heavy (non-hydrogen) atoms. The molecule has 0 aliphatic heterocycles. The van der Waals surface area contributed by atoms with Crippen molar-refractivity contribution in [1.82, 2.24) is 5.32 Å². The number of ether oxygens (including phenoxy) is 2. The van der Waals surface area contributed by atoms with Gasteiger partial charge in [-0.05, 0) is 46.1 Å². The number of carbonyl (C=O) groups excluding carboxylic acids is 1. The van der Waals surface area contributed by atoms with E-state index >= 15 is 0 Å². The quantitative estimate of drug-likeness (QED) is 0.402. The SMILES string of the molecule is CCNC(C)(CCCOC1CCCCCC1)C(=O)OCC. The van der Waals surface area contributed by atoms with Gasteiger partial charge in [-0.15, -0.1) is 0 Å². The van der Waals surface area contributed by atoms with E-state index in [1.807, 2.05) is 20.8 Å². The van der Waals surface area contributed by atoms with Crippen LogP contribution in [0.2, 0.25) is 0 Å². The Morgan fingerprint density at radius 1 is 1.19 bits per heavy atom. The van der Waals surface area contributed by atoms with Gasteiger partial charge in [0.2, 0.25) is 0 Å². The van der Waals surface area contributed by atoms with Gasteiger partial charge in [-0.25, -0.2) is 0 Å². The minimum atomic E-state index is -0.586. The first-order chi connectivity index (χ1) is 10.1. The van der Waals surface area contributed by atoms with Gasteiger partial charge in [0.05, 0.1) is 12.7 Å². The molecule has 1 rings (SSSR count). The molecule has 4 heteroatoms. The van der Waals surface area contributed by atoms with Crippen molar-refractivity contribution in [2.45, 2.75) is 83.8 Å². The molecule has 1 fully saturated rings. The Bertz CT molecular complexity index is 288. The molecule has 1 unspecified atom stereocenters. The van der Waals surface area contributed by atoms with Crippen LogP contribution in [0, 0.1) is 0 Å². The summed E-state index contributed by atoms with van der Waals surface area (Å²) in [5, 5.41) is 3.26. The van der Waals surface area contributed by atoms with Crippen LogP contribution >= 0.6 is 0 Å². The van der Waals surface area contributed by atoms with Crippen molar-refractivity contribution in [1.29, 1.82) is 0 Å². The van der Waals surface area contributed by atoms with E-state index < -0.39 is 5.54 Å². The topological polar surface area (TPSA) is 47.6 Å². The molecule has 0 aromatic carbocycles. The van der Waals surface area contributed by atoms with Gasteiger partial charge in [0.25, 0.3) is 0 Å². The molecule has 1 atom stereocenters. The lowest BCUT2D eigenvalue weighted by Gasteiger charge is -2.28. The van der Waals surface area contributed by atoms with Crippen LogP contribution in [0.1, 0.15) is 72.1 Å². The van der Waals surface area contributed by atoms with Crippen molar-refractivity contribution in [2.75, 3.05) is 19.8 Å². The van der Waals surface area contributed by atoms with Crippen LogP contribution in [0.5, 0.6) is 0 Å². The summed E-state index contributed by atoms with van der Waals surface area (Å²) in [6, 6.07) is 0. The highest BCUT2D eigenvalue weighted by Crippen LogP contribution is 2.21. The van der Waals surface area contributed by atoms with E-state index in [1.165, 1.54) is 38.5 Å². The summed E-state index contributed by atoms with van der Waals surface area (Å²) in [6.07, 6.45) is 9.75. The maximum absolute atomic E-state index is 12.1. The molecule has 0 saturated heterocycles. The second-order valence-electron chi connectivity index (χ2n) is 6.17. The fourth-order valence-corrected chi connectivity index (χ4v) is 3.03. The molecule has 0 heterocycles. The fraction of sp³-hybridized carbons (Fsp3) is 0.941. The van der Waals surface area contributed by atoms with Gasteiger partial charge in [0.15, 0.2) is 0 Å². The summed E-state index contributed by atoms with van der Waals surface area (Å²) in [6.45, 7) is 7.72. The fourth-order valence-electron chi connectivity index (χ4n) is 3.03. The third-order valence-corrected chi connectivity index (χ3v) is 4.27. The van der Waals surface area contributed by atoms with Crippen LogP contribution in [0.3, 0.4) is 0 Å². The van der Waals surface area contributed by atoms with E-state index in [2.05, 4.69) is 5.32 Å². The number of carbonyl (C=O) groups is 1. The monoisotopic (exact) mass is 299 g/mol. The van der Waals surface area contributed by atoms with E-state index in [-0.39, 0.29) is 5.97 Å². The van der Waals surface area contributed by atoms with Gasteiger partial charge in [0, 0.05) is 6.61 Å². The Kier molecular flexibility index (Phi) is 8.93. The number of likely N-dealkylation sites (N-methyl/N-ethyl adjacent to an activating group) is 1. The van der Waals surface area contributed by atoms with Gasteiger partial charge in [-0.1, -0.05) is 32.6 Å². The summed E-state index contributed by atoms with van der Waals surface area (Å²) in [5.41, 5.74) is -0.586. The van der Waals surface area contributed by atoms with Crippen LogP contribution in [-0.2, 0) is 14.3 Å². The lowest BCUT2D eigenvalue weighted by atomic mass is 9.96. The van der Waals surface area contributed by atoms with Crippen LogP contribution < -0.4 is 5.32 Å². The van der Waals surface area contributed by atoms with Gasteiger partial charge in [-0.3, -0.25) is 4.79 Å². The van der Waals surface area contributed by atoms with E-state index in [0.29, 0.717) is 12.7 Å². The first kappa shape index (κ1) is 18.4. The van der Waals surface area contributed by atoms with Crippen molar-refractivity contribution >= 4 is 5.97 Å². The summed E-state index contributed by atoms with van der Waals surface area (Å²) in [4.78, 5) is 12.1. The zero-order chi connectivity index (χ0) is 15.6. The molecule has 4 nitrogen and oxygen atoms in total. The van der Waals surface area contributed by atoms with Crippen molar-refractivity contribution in [3.8, 4) is 0 Å². The number of rotatable bonds is 9. The lowest BCUT2D eigenvalue weighted by molar-refractivity contribution is -0.151. The maximum atomic E-state index is 12.1. The molecule has 0 radical (unpaired) electrons. The molecule has 0 aromatic heterocycles. The first-order valence-electron chi connectivity index (χ1n) is 8.66. The molecule has 1 saturated carbocycles. The Morgan fingerprint density at radius 3 is 2.43 bits per heavy atom. The van der Waals surface area contributed by atoms with Crippen LogP contribution in [0.4, 0.5) is 0 Å². The molecule has 1 N–H and O–H groups in total. The molecule has 0 amide bonds. The molecular weight excluding hydrogens is 266 g/mol. The normalized spacial score (nSPS) is 19.8. The smallest absolute Gasteiger partial charge is 0.326 e. The third-order valence-electron chi connectivity index (χ3n) is 4.27. The second kappa shape index (κ2) is 10.2. The van der Waals surface area contributed by atoms with Crippen molar-refractivity contribution in [3.05, 3.63) is 0 Å². The van der Waals surface area contributed by atoms with E-state index in [9.17, 15) is 4.79 Å². The second-order valence-corrected chi connectivity index (χ2v) is 6.17. The number of nitrogens with one attached hydrogen (secondary N) is 1. The molecule has 0 bridgehead atoms. The van der Waals surface area contributed by atoms with Gasteiger partial charge in [-0.2, -0.15) is 0 Å². The predicted molar refractivity (Wildman–Crippen MR) is 85.4 cm³/mol. The summed E-state index contributed by atoms with van der Waals surface area (Å²) >= 11 is 0. The standard InChI is InChI=1S/C17H33NO3/c1-4-18-17(3,16(19)20-5-2)13-10-14-21-15-11-8-6-7-9-12-15/h15,18H,4-14H2,1-3H3. The van der Waals surface area contributed by atoms with Crippen LogP contribution in [-0.4, -0.2) is 37.4 Å². The molecule has 0 spiro atoms. The first-order valence-corrected chi connectivity index (χ1v) is 8.66. The largest absolute Gasteiger partial charge is 0.465 e. The highest BCUT2D eigenvalue weighted by molar-refractivity contribution is 5.80. The predicted octanol–water partition coefficient (Wildman–Crippen LogP) is 3.44. The zero-order valence-electron chi connectivity index (χ0n) is 14.1. The average molecular weight is 299 g/mol. The van der Waals surface area contributed by atoms with Crippen LogP contribution in [0.15, 0.2) is 0 Å². The van der Waals surface area contributed by atoms with Crippen molar-refractivity contribution in [3.63, 3.8) is 0 Å². The Labute approximate surface area is 130 Å². The minimum absolute atomic E-state index is 0.152. The van der Waals surface area contributed by atoms with Gasteiger partial charge < -0.3 is 14.8 Å². The highest BCUT2D eigenvalue weighted by atomic mass is 16.5. The Morgan fingerprint density at radius 2 is 1.86 bits per heavy atom. The summed E-state index contributed by atoms with van der Waals surface area (Å²) in [7, 11) is 0. The number of hydrogen-bond acceptors (Lipinski definition) is 4. The molecular formula is C17H33NO3. The summed E-state index contributed by atoms with van der Waals surface area (Å²) in [5.74, 6) is -0.152. The van der Waals surface area contributed by atoms with Gasteiger partial charge in [0.1, 0.15) is 5.54 Å². The van der Waals surface area contributed by atoms with Crippen LogP contribution in [0.25, 0.3) is 0 Å². The van der Waals surface area contributed by atoms with E-state index in [0.717, 1.165) is 26.0 Å².